The zero-order chi connectivity index (χ0) is 36.3. The molecule has 0 atom stereocenters. The molecule has 55 heavy (non-hydrogen) atoms. The molecule has 2 heterocycles. The van der Waals surface area contributed by atoms with E-state index in [4.69, 9.17) is 0 Å². The quantitative estimate of drug-likeness (QED) is 0.164. The molecule has 0 aliphatic carbocycles. The van der Waals surface area contributed by atoms with E-state index in [1.807, 2.05) is 22.7 Å². The monoisotopic (exact) mass is 735 g/mol. The van der Waals surface area contributed by atoms with Crippen molar-refractivity contribution >= 4 is 90.9 Å². The van der Waals surface area contributed by atoms with Crippen molar-refractivity contribution in [3.05, 3.63) is 200 Å². The van der Waals surface area contributed by atoms with E-state index in [0.29, 0.717) is 0 Å². The fraction of sp³-hybridized carbons (Fsp3) is 0. The summed E-state index contributed by atoms with van der Waals surface area (Å²) in [7, 11) is 0. The number of rotatable bonds is 6. The molecule has 0 radical (unpaired) electrons. The van der Waals surface area contributed by atoms with Crippen molar-refractivity contribution in [1.29, 1.82) is 0 Å². The molecule has 0 aliphatic rings. The first-order chi connectivity index (χ1) is 27.3. The highest BCUT2D eigenvalue weighted by atomic mass is 32.1. The predicted molar refractivity (Wildman–Crippen MR) is 241 cm³/mol. The molecule has 0 unspecified atom stereocenters. The number of anilines is 3. The van der Waals surface area contributed by atoms with Crippen LogP contribution < -0.4 is 4.90 Å². The SMILES string of the molecule is c1cc(-c2ccccc2N(c2ccc(-c3cccc4sc5ccccc5c34)cc2)c2ccc3sc4ccccc4c3c2)cc(-c2cccc3ccccc23)c1. The van der Waals surface area contributed by atoms with Crippen LogP contribution in [0, 0.1) is 0 Å². The number of hydrogen-bond acceptors (Lipinski definition) is 3. The van der Waals surface area contributed by atoms with Crippen LogP contribution in [0.4, 0.5) is 17.1 Å². The molecule has 0 N–H and O–H groups in total. The van der Waals surface area contributed by atoms with Crippen LogP contribution in [0.25, 0.3) is 84.5 Å². The highest BCUT2D eigenvalue weighted by Crippen LogP contribution is 2.46. The molecule has 0 saturated carbocycles. The van der Waals surface area contributed by atoms with Crippen LogP contribution in [-0.4, -0.2) is 0 Å². The zero-order valence-corrected chi connectivity index (χ0v) is 31.4. The van der Waals surface area contributed by atoms with E-state index < -0.39 is 0 Å². The molecule has 2 aromatic heterocycles. The maximum atomic E-state index is 2.44. The van der Waals surface area contributed by atoms with Gasteiger partial charge in [-0.1, -0.05) is 140 Å². The van der Waals surface area contributed by atoms with Crippen molar-refractivity contribution in [3.8, 4) is 33.4 Å². The second-order valence-electron chi connectivity index (χ2n) is 14.1. The molecular formula is C52H33NS2. The van der Waals surface area contributed by atoms with Crippen LogP contribution in [-0.2, 0) is 0 Å². The molecule has 0 bridgehead atoms. The summed E-state index contributed by atoms with van der Waals surface area (Å²) in [6.45, 7) is 0. The fourth-order valence-electron chi connectivity index (χ4n) is 8.33. The van der Waals surface area contributed by atoms with Crippen LogP contribution in [0.5, 0.6) is 0 Å². The van der Waals surface area contributed by atoms with Gasteiger partial charge in [0.2, 0.25) is 0 Å². The van der Waals surface area contributed by atoms with E-state index in [1.165, 1.54) is 84.5 Å². The molecule has 258 valence electrons. The third-order valence-electron chi connectivity index (χ3n) is 10.9. The first-order valence-electron chi connectivity index (χ1n) is 18.7. The molecule has 1 nitrogen and oxygen atoms in total. The van der Waals surface area contributed by atoms with Crippen LogP contribution in [0.15, 0.2) is 200 Å². The summed E-state index contributed by atoms with van der Waals surface area (Å²) in [5.41, 5.74) is 10.7. The van der Waals surface area contributed by atoms with Gasteiger partial charge < -0.3 is 4.90 Å². The summed E-state index contributed by atoms with van der Waals surface area (Å²) in [5.74, 6) is 0. The fourth-order valence-corrected chi connectivity index (χ4v) is 10.5. The summed E-state index contributed by atoms with van der Waals surface area (Å²) in [4.78, 5) is 2.44. The van der Waals surface area contributed by atoms with Crippen molar-refractivity contribution < 1.29 is 0 Å². The molecule has 11 rings (SSSR count). The third kappa shape index (κ3) is 5.43. The number of para-hydroxylation sites is 1. The molecule has 3 heteroatoms. The molecule has 0 fully saturated rings. The lowest BCUT2D eigenvalue weighted by atomic mass is 9.94. The number of hydrogen-bond donors (Lipinski definition) is 0. The lowest BCUT2D eigenvalue weighted by Crippen LogP contribution is -2.11. The Morgan fingerprint density at radius 2 is 0.873 bits per heavy atom. The van der Waals surface area contributed by atoms with Gasteiger partial charge in [0.15, 0.2) is 0 Å². The largest absolute Gasteiger partial charge is 0.310 e. The van der Waals surface area contributed by atoms with Gasteiger partial charge in [-0.3, -0.25) is 0 Å². The van der Waals surface area contributed by atoms with Gasteiger partial charge in [-0.25, -0.2) is 0 Å². The maximum Gasteiger partial charge on any atom is 0.0540 e. The van der Waals surface area contributed by atoms with Gasteiger partial charge in [0.25, 0.3) is 0 Å². The second kappa shape index (κ2) is 13.1. The van der Waals surface area contributed by atoms with Crippen LogP contribution in [0.3, 0.4) is 0 Å². The predicted octanol–water partition coefficient (Wildman–Crippen LogP) is 16.0. The standard InChI is InChI=1S/C52H33NS2/c1-2-16-40-34(12-1)13-10-20-41(40)36-14-9-15-37(32-36)42-17-3-6-22-47(42)53(39-30-31-50-46(33-39)44-18-4-7-23-48(44)54-50)38-28-26-35(27-29-38)43-21-11-25-51-52(43)45-19-5-8-24-49(45)55-51/h1-33H. The van der Waals surface area contributed by atoms with E-state index >= 15 is 0 Å². The van der Waals surface area contributed by atoms with E-state index in [1.54, 1.807) is 0 Å². The van der Waals surface area contributed by atoms with Gasteiger partial charge in [0.1, 0.15) is 0 Å². The lowest BCUT2D eigenvalue weighted by Gasteiger charge is -2.28. The van der Waals surface area contributed by atoms with Crippen molar-refractivity contribution in [2.75, 3.05) is 4.90 Å². The Bertz CT molecular complexity index is 3220. The topological polar surface area (TPSA) is 3.24 Å². The molecule has 0 spiro atoms. The Hall–Kier alpha value is -6.52. The van der Waals surface area contributed by atoms with Gasteiger partial charge in [-0.15, -0.1) is 22.7 Å². The molecule has 11 aromatic rings. The van der Waals surface area contributed by atoms with E-state index in [-0.39, 0.29) is 0 Å². The van der Waals surface area contributed by atoms with Crippen LogP contribution >= 0.6 is 22.7 Å². The average molecular weight is 736 g/mol. The van der Waals surface area contributed by atoms with Crippen molar-refractivity contribution in [2.45, 2.75) is 0 Å². The Labute approximate surface area is 327 Å². The van der Waals surface area contributed by atoms with Gasteiger partial charge in [0.05, 0.1) is 5.69 Å². The van der Waals surface area contributed by atoms with Crippen LogP contribution in [0.1, 0.15) is 0 Å². The molecule has 0 aliphatic heterocycles. The normalized spacial score (nSPS) is 11.6. The Morgan fingerprint density at radius 1 is 0.309 bits per heavy atom. The summed E-state index contributed by atoms with van der Waals surface area (Å²) in [5, 5.41) is 7.75. The van der Waals surface area contributed by atoms with Crippen LogP contribution in [0.2, 0.25) is 0 Å². The first kappa shape index (κ1) is 32.0. The van der Waals surface area contributed by atoms with E-state index in [9.17, 15) is 0 Å². The smallest absolute Gasteiger partial charge is 0.0540 e. The number of benzene rings is 9. The van der Waals surface area contributed by atoms with Gasteiger partial charge in [-0.05, 0) is 99.3 Å². The van der Waals surface area contributed by atoms with Crippen molar-refractivity contribution in [2.24, 2.45) is 0 Å². The summed E-state index contributed by atoms with van der Waals surface area (Å²) < 4.78 is 5.25. The number of fused-ring (bicyclic) bond motifs is 7. The van der Waals surface area contributed by atoms with Gasteiger partial charge in [-0.2, -0.15) is 0 Å². The Kier molecular flexibility index (Phi) is 7.61. The number of nitrogens with zero attached hydrogens (tertiary/aromatic N) is 1. The first-order valence-corrected chi connectivity index (χ1v) is 20.3. The molecular weight excluding hydrogens is 703 g/mol. The lowest BCUT2D eigenvalue weighted by molar-refractivity contribution is 1.29. The second-order valence-corrected chi connectivity index (χ2v) is 16.2. The minimum atomic E-state index is 1.11. The molecule has 0 amide bonds. The summed E-state index contributed by atoms with van der Waals surface area (Å²) in [6, 6.07) is 73.5. The zero-order valence-electron chi connectivity index (χ0n) is 29.8. The summed E-state index contributed by atoms with van der Waals surface area (Å²) >= 11 is 3.73. The molecule has 9 aromatic carbocycles. The average Bonchev–Trinajstić information content (AvgIpc) is 3.82. The van der Waals surface area contributed by atoms with Gasteiger partial charge >= 0.3 is 0 Å². The maximum absolute atomic E-state index is 2.44. The van der Waals surface area contributed by atoms with E-state index in [2.05, 4.69) is 205 Å². The molecule has 0 saturated heterocycles. The highest BCUT2D eigenvalue weighted by Gasteiger charge is 2.20. The van der Waals surface area contributed by atoms with Crippen molar-refractivity contribution in [3.63, 3.8) is 0 Å². The minimum absolute atomic E-state index is 1.11. The van der Waals surface area contributed by atoms with Crippen molar-refractivity contribution in [1.82, 2.24) is 0 Å². The summed E-state index contributed by atoms with van der Waals surface area (Å²) in [6.07, 6.45) is 0. The van der Waals surface area contributed by atoms with E-state index in [0.717, 1.165) is 17.1 Å². The van der Waals surface area contributed by atoms with Gasteiger partial charge in [0, 0.05) is 57.3 Å². The highest BCUT2D eigenvalue weighted by molar-refractivity contribution is 7.26. The Balaban J connectivity index is 1.09. The number of thiophene rings is 2. The third-order valence-corrected chi connectivity index (χ3v) is 13.2. The Morgan fingerprint density at radius 3 is 1.75 bits per heavy atom. The minimum Gasteiger partial charge on any atom is -0.310 e.